The number of aliphatic hydroxyl groups excluding tert-OH is 1. The summed E-state index contributed by atoms with van der Waals surface area (Å²) in [7, 11) is 0. The molecular formula is C38H41F2N7O5. The lowest BCUT2D eigenvalue weighted by molar-refractivity contribution is -0.117. The summed E-state index contributed by atoms with van der Waals surface area (Å²) < 4.78 is 45.5. The van der Waals surface area contributed by atoms with Gasteiger partial charge in [0.05, 0.1) is 44.1 Å². The lowest BCUT2D eigenvalue weighted by Crippen LogP contribution is -2.50. The highest BCUT2D eigenvalue weighted by Gasteiger charge is 2.44. The monoisotopic (exact) mass is 713 g/mol. The highest BCUT2D eigenvalue weighted by atomic mass is 19.1. The fraction of sp³-hybridized carbons (Fsp3) is 0.368. The van der Waals surface area contributed by atoms with Crippen molar-refractivity contribution in [2.45, 2.75) is 51.0 Å². The van der Waals surface area contributed by atoms with Crippen LogP contribution in [0.1, 0.15) is 38.3 Å². The Bertz CT molecular complexity index is 2050. The van der Waals surface area contributed by atoms with Crippen LogP contribution in [-0.4, -0.2) is 74.1 Å². The van der Waals surface area contributed by atoms with E-state index in [1.165, 1.54) is 27.7 Å². The molecule has 0 aliphatic carbocycles. The summed E-state index contributed by atoms with van der Waals surface area (Å²) in [5.74, 6) is -0.730. The number of hydrogen-bond donors (Lipinski definition) is 1. The molecule has 2 fully saturated rings. The second-order valence-electron chi connectivity index (χ2n) is 13.4. The smallest absolute Gasteiger partial charge is 0.350 e. The number of aromatic nitrogens is 5. The van der Waals surface area contributed by atoms with Crippen molar-refractivity contribution in [3.05, 3.63) is 119 Å². The number of ether oxygens (including phenoxy) is 2. The molecule has 2 aliphatic heterocycles. The molecule has 12 nitrogen and oxygen atoms in total. The van der Waals surface area contributed by atoms with E-state index in [9.17, 15) is 23.5 Å². The summed E-state index contributed by atoms with van der Waals surface area (Å²) in [6.45, 7) is 5.81. The molecule has 0 spiro atoms. The molecule has 0 saturated carbocycles. The van der Waals surface area contributed by atoms with E-state index in [0.717, 1.165) is 17.4 Å². The molecule has 2 aromatic heterocycles. The van der Waals surface area contributed by atoms with Crippen molar-refractivity contribution in [3.63, 3.8) is 0 Å². The van der Waals surface area contributed by atoms with Gasteiger partial charge in [-0.25, -0.2) is 22.8 Å². The molecule has 4 heterocycles. The summed E-state index contributed by atoms with van der Waals surface area (Å²) in [5, 5.41) is 18.5. The van der Waals surface area contributed by atoms with Crippen LogP contribution in [0.3, 0.4) is 0 Å². The fourth-order valence-electron chi connectivity index (χ4n) is 7.23. The zero-order chi connectivity index (χ0) is 36.4. The molecule has 5 aromatic rings. The summed E-state index contributed by atoms with van der Waals surface area (Å²) in [6.07, 6.45) is 5.19. The SMILES string of the molecule is CC[C@@H]([C@H](C)O)n1ncn(-c2ccc(N3CCN(c4ccc(OC[C@@H]5CO[C@@](Cn6cccn6)(c6ccc(F)cc6F)C5)cc4)CC3=O)cc2)c1=O. The number of halogens is 2. The Balaban J connectivity index is 0.944. The van der Waals surface area contributed by atoms with E-state index in [-0.39, 0.29) is 30.6 Å². The first kappa shape index (κ1) is 35.1. The number of amides is 1. The van der Waals surface area contributed by atoms with Crippen molar-refractivity contribution in [2.75, 3.05) is 42.6 Å². The number of aliphatic hydroxyl groups is 1. The second-order valence-corrected chi connectivity index (χ2v) is 13.4. The third-order valence-corrected chi connectivity index (χ3v) is 9.94. The lowest BCUT2D eigenvalue weighted by Gasteiger charge is -2.35. The fourth-order valence-corrected chi connectivity index (χ4v) is 7.23. The first-order valence-electron chi connectivity index (χ1n) is 17.4. The molecule has 2 saturated heterocycles. The van der Waals surface area contributed by atoms with E-state index in [4.69, 9.17) is 9.47 Å². The molecule has 0 unspecified atom stereocenters. The molecule has 4 atom stereocenters. The molecule has 3 aromatic carbocycles. The first-order chi connectivity index (χ1) is 25.1. The zero-order valence-corrected chi connectivity index (χ0v) is 29.0. The van der Waals surface area contributed by atoms with Crippen molar-refractivity contribution in [1.29, 1.82) is 0 Å². The maximum absolute atomic E-state index is 15.0. The van der Waals surface area contributed by atoms with Crippen LogP contribution in [0.4, 0.5) is 20.2 Å². The Labute approximate surface area is 299 Å². The van der Waals surface area contributed by atoms with Crippen molar-refractivity contribution in [1.82, 2.24) is 24.1 Å². The van der Waals surface area contributed by atoms with Crippen LogP contribution in [0.15, 0.2) is 96.3 Å². The van der Waals surface area contributed by atoms with Gasteiger partial charge in [-0.05, 0) is 80.4 Å². The van der Waals surface area contributed by atoms with Gasteiger partial charge in [0.25, 0.3) is 0 Å². The van der Waals surface area contributed by atoms with Gasteiger partial charge in [0.2, 0.25) is 5.91 Å². The number of carbonyl (C=O) groups is 1. The molecular weight excluding hydrogens is 672 g/mol. The van der Waals surface area contributed by atoms with Gasteiger partial charge in [0.1, 0.15) is 29.3 Å². The van der Waals surface area contributed by atoms with E-state index < -0.39 is 29.4 Å². The van der Waals surface area contributed by atoms with Crippen LogP contribution < -0.4 is 20.2 Å². The highest BCUT2D eigenvalue weighted by molar-refractivity contribution is 5.97. The number of hydrogen-bond acceptors (Lipinski definition) is 8. The van der Waals surface area contributed by atoms with Gasteiger partial charge < -0.3 is 24.4 Å². The van der Waals surface area contributed by atoms with E-state index in [1.807, 2.05) is 48.2 Å². The van der Waals surface area contributed by atoms with Crippen LogP contribution in [0.2, 0.25) is 0 Å². The number of carbonyl (C=O) groups excluding carboxylic acids is 1. The number of benzene rings is 3. The number of anilines is 2. The summed E-state index contributed by atoms with van der Waals surface area (Å²) >= 11 is 0. The molecule has 52 heavy (non-hydrogen) atoms. The van der Waals surface area contributed by atoms with Gasteiger partial charge >= 0.3 is 5.69 Å². The maximum Gasteiger partial charge on any atom is 0.350 e. The summed E-state index contributed by atoms with van der Waals surface area (Å²) in [4.78, 5) is 30.0. The Hall–Kier alpha value is -5.34. The largest absolute Gasteiger partial charge is 0.493 e. The first-order valence-corrected chi connectivity index (χ1v) is 17.4. The normalized spacial score (nSPS) is 20.3. The van der Waals surface area contributed by atoms with Crippen molar-refractivity contribution in [2.24, 2.45) is 5.92 Å². The average molecular weight is 714 g/mol. The highest BCUT2D eigenvalue weighted by Crippen LogP contribution is 2.42. The summed E-state index contributed by atoms with van der Waals surface area (Å²) in [6, 6.07) is 19.7. The van der Waals surface area contributed by atoms with Crippen molar-refractivity contribution >= 4 is 17.3 Å². The minimum atomic E-state index is -1.01. The maximum atomic E-state index is 15.0. The predicted molar refractivity (Wildman–Crippen MR) is 190 cm³/mol. The molecule has 2 aliphatic rings. The molecule has 14 heteroatoms. The quantitative estimate of drug-likeness (QED) is 0.198. The number of nitrogens with zero attached hydrogens (tertiary/aromatic N) is 7. The number of piperazine rings is 1. The van der Waals surface area contributed by atoms with E-state index in [2.05, 4.69) is 10.2 Å². The van der Waals surface area contributed by atoms with Crippen molar-refractivity contribution < 1.29 is 28.2 Å². The molecule has 1 N–H and O–H groups in total. The van der Waals surface area contributed by atoms with Crippen LogP contribution in [0.5, 0.6) is 5.75 Å². The third kappa shape index (κ3) is 7.08. The minimum Gasteiger partial charge on any atom is -0.493 e. The van der Waals surface area contributed by atoms with Crippen molar-refractivity contribution in [3.8, 4) is 11.4 Å². The van der Waals surface area contributed by atoms with Gasteiger partial charge in [-0.1, -0.05) is 13.0 Å². The molecule has 0 radical (unpaired) electrons. The molecule has 1 amide bonds. The van der Waals surface area contributed by atoms with E-state index >= 15 is 0 Å². The molecule has 272 valence electrons. The molecule has 0 bridgehead atoms. The number of rotatable bonds is 12. The van der Waals surface area contributed by atoms with Crippen LogP contribution in [-0.2, 0) is 21.7 Å². The average Bonchev–Trinajstić information content (AvgIpc) is 3.89. The van der Waals surface area contributed by atoms with Gasteiger partial charge in [-0.3, -0.25) is 9.48 Å². The van der Waals surface area contributed by atoms with Crippen LogP contribution >= 0.6 is 0 Å². The van der Waals surface area contributed by atoms with E-state index in [0.29, 0.717) is 56.1 Å². The van der Waals surface area contributed by atoms with Crippen LogP contribution in [0, 0.1) is 17.6 Å². The Morgan fingerprint density at radius 1 is 1.00 bits per heavy atom. The van der Waals surface area contributed by atoms with Crippen LogP contribution in [0.25, 0.3) is 5.69 Å². The lowest BCUT2D eigenvalue weighted by atomic mass is 9.87. The Morgan fingerprint density at radius 2 is 1.75 bits per heavy atom. The van der Waals surface area contributed by atoms with Gasteiger partial charge in [0, 0.05) is 54.4 Å². The standard InChI is InChI=1S/C38H41F2N7O5/c1-3-35(26(2)48)47-37(50)46(25-42-47)31-8-6-30(7-9-31)45-18-17-43(21-36(45)49)29-10-12-32(13-11-29)51-22-27-20-38(52-23-27,24-44-16-4-15-41-44)33-14-5-28(39)19-34(33)40/h4-16,19,25-27,35,48H,3,17-18,20-24H2,1-2H3/t26-,27+,35-,38-/m0/s1. The van der Waals surface area contributed by atoms with Gasteiger partial charge in [-0.2, -0.15) is 10.2 Å². The predicted octanol–water partition coefficient (Wildman–Crippen LogP) is 4.70. The Kier molecular flexibility index (Phi) is 9.93. The summed E-state index contributed by atoms with van der Waals surface area (Å²) in [5.41, 5.74) is 1.19. The Morgan fingerprint density at radius 3 is 2.42 bits per heavy atom. The van der Waals surface area contributed by atoms with Gasteiger partial charge in [-0.15, -0.1) is 0 Å². The zero-order valence-electron chi connectivity index (χ0n) is 29.0. The molecule has 7 rings (SSSR count). The third-order valence-electron chi connectivity index (χ3n) is 9.94. The second kappa shape index (κ2) is 14.7. The van der Waals surface area contributed by atoms with Gasteiger partial charge in [0.15, 0.2) is 0 Å². The van der Waals surface area contributed by atoms with E-state index in [1.54, 1.807) is 47.1 Å². The minimum absolute atomic E-state index is 0.0402. The topological polar surface area (TPSA) is 120 Å².